The van der Waals surface area contributed by atoms with Crippen LogP contribution in [0.4, 0.5) is 10.6 Å². The van der Waals surface area contributed by atoms with Gasteiger partial charge in [-0.25, -0.2) is 14.8 Å². The first kappa shape index (κ1) is 19.6. The zero-order chi connectivity index (χ0) is 19.8. The van der Waals surface area contributed by atoms with Gasteiger partial charge in [0.2, 0.25) is 5.91 Å². The minimum atomic E-state index is -0.637. The molecule has 8 nitrogen and oxygen atoms in total. The molecule has 0 bridgehead atoms. The average Bonchev–Trinajstić information content (AvgIpc) is 3.24. The molecule has 1 aromatic carbocycles. The van der Waals surface area contributed by atoms with Gasteiger partial charge < -0.3 is 20.3 Å². The van der Waals surface area contributed by atoms with E-state index in [1.165, 1.54) is 12.8 Å². The minimum absolute atomic E-state index is 0.157. The van der Waals surface area contributed by atoms with Crippen LogP contribution in [0.3, 0.4) is 0 Å². The molecule has 2 aromatic rings. The van der Waals surface area contributed by atoms with E-state index >= 15 is 0 Å². The molecule has 0 saturated carbocycles. The highest BCUT2D eigenvalue weighted by Gasteiger charge is 2.15. The maximum Gasteiger partial charge on any atom is 0.407 e. The second-order valence-corrected chi connectivity index (χ2v) is 6.67. The van der Waals surface area contributed by atoms with E-state index in [-0.39, 0.29) is 25.6 Å². The number of carbonyl (C=O) groups is 2. The summed E-state index contributed by atoms with van der Waals surface area (Å²) >= 11 is 0. The molecule has 1 fully saturated rings. The van der Waals surface area contributed by atoms with Crippen LogP contribution in [0.2, 0.25) is 0 Å². The Morgan fingerprint density at radius 3 is 2.61 bits per heavy atom. The molecular formula is C20H25N5O3. The lowest BCUT2D eigenvalue weighted by atomic mass is 10.2. The van der Waals surface area contributed by atoms with Crippen molar-refractivity contribution in [2.75, 3.05) is 24.5 Å². The highest BCUT2D eigenvalue weighted by Crippen LogP contribution is 2.18. The number of alkyl carbamates (subject to hydrolysis) is 1. The quantitative estimate of drug-likeness (QED) is 0.758. The van der Waals surface area contributed by atoms with E-state index in [9.17, 15) is 9.59 Å². The van der Waals surface area contributed by atoms with E-state index in [0.29, 0.717) is 5.82 Å². The average molecular weight is 383 g/mol. The second-order valence-electron chi connectivity index (χ2n) is 6.67. The maximum atomic E-state index is 12.0. The van der Waals surface area contributed by atoms with E-state index in [0.717, 1.165) is 30.2 Å². The van der Waals surface area contributed by atoms with Crippen molar-refractivity contribution in [1.82, 2.24) is 20.6 Å². The lowest BCUT2D eigenvalue weighted by Gasteiger charge is -2.17. The van der Waals surface area contributed by atoms with Gasteiger partial charge in [-0.05, 0) is 25.3 Å². The van der Waals surface area contributed by atoms with Gasteiger partial charge in [-0.2, -0.15) is 0 Å². The summed E-state index contributed by atoms with van der Waals surface area (Å²) in [6, 6.07) is 11.3. The van der Waals surface area contributed by atoms with Crippen LogP contribution in [0.5, 0.6) is 0 Å². The third kappa shape index (κ3) is 5.94. The van der Waals surface area contributed by atoms with Crippen molar-refractivity contribution < 1.29 is 14.3 Å². The van der Waals surface area contributed by atoms with Crippen molar-refractivity contribution >= 4 is 17.8 Å². The molecule has 0 unspecified atom stereocenters. The summed E-state index contributed by atoms with van der Waals surface area (Å²) in [5, 5.41) is 5.15. The molecule has 0 radical (unpaired) electrons. The number of aryl methyl sites for hydroxylation is 1. The second kappa shape index (κ2) is 9.68. The number of aromatic nitrogens is 2. The number of hydrogen-bond donors (Lipinski definition) is 2. The first-order chi connectivity index (χ1) is 13.6. The number of nitrogens with zero attached hydrogens (tertiary/aromatic N) is 3. The number of rotatable bonds is 7. The van der Waals surface area contributed by atoms with Crippen LogP contribution < -0.4 is 15.5 Å². The van der Waals surface area contributed by atoms with Gasteiger partial charge in [0.1, 0.15) is 24.8 Å². The molecular weight excluding hydrogens is 358 g/mol. The van der Waals surface area contributed by atoms with Crippen LogP contribution >= 0.6 is 0 Å². The SMILES string of the molecule is Cc1cc(N2CCCC2)nc(CNC(=O)CNC(=O)OCc2ccccc2)n1. The van der Waals surface area contributed by atoms with Crippen molar-refractivity contribution in [3.63, 3.8) is 0 Å². The number of amides is 2. The smallest absolute Gasteiger partial charge is 0.407 e. The molecule has 0 aliphatic carbocycles. The first-order valence-electron chi connectivity index (χ1n) is 9.41. The number of hydrogen-bond acceptors (Lipinski definition) is 6. The molecule has 1 aliphatic heterocycles. The van der Waals surface area contributed by atoms with Gasteiger partial charge in [0.15, 0.2) is 0 Å². The molecule has 3 rings (SSSR count). The van der Waals surface area contributed by atoms with Gasteiger partial charge in [0.05, 0.1) is 6.54 Å². The van der Waals surface area contributed by atoms with Crippen LogP contribution in [0, 0.1) is 6.92 Å². The summed E-state index contributed by atoms with van der Waals surface area (Å²) in [5.41, 5.74) is 1.75. The van der Waals surface area contributed by atoms with E-state index in [1.54, 1.807) is 0 Å². The number of benzene rings is 1. The summed E-state index contributed by atoms with van der Waals surface area (Å²) in [6.45, 7) is 4.11. The maximum absolute atomic E-state index is 12.0. The van der Waals surface area contributed by atoms with Gasteiger partial charge in [-0.15, -0.1) is 0 Å². The van der Waals surface area contributed by atoms with Crippen LogP contribution in [0.15, 0.2) is 36.4 Å². The number of nitrogens with one attached hydrogen (secondary N) is 2. The van der Waals surface area contributed by atoms with Gasteiger partial charge >= 0.3 is 6.09 Å². The Morgan fingerprint density at radius 2 is 1.86 bits per heavy atom. The van der Waals surface area contributed by atoms with Gasteiger partial charge in [0.25, 0.3) is 0 Å². The van der Waals surface area contributed by atoms with Gasteiger partial charge in [-0.1, -0.05) is 30.3 Å². The van der Waals surface area contributed by atoms with Crippen molar-refractivity contribution in [1.29, 1.82) is 0 Å². The van der Waals surface area contributed by atoms with Gasteiger partial charge in [-0.3, -0.25) is 4.79 Å². The van der Waals surface area contributed by atoms with Crippen molar-refractivity contribution in [2.45, 2.75) is 32.9 Å². The van der Waals surface area contributed by atoms with Crippen molar-refractivity contribution in [3.8, 4) is 0 Å². The largest absolute Gasteiger partial charge is 0.445 e. The Bertz CT molecular complexity index is 807. The monoisotopic (exact) mass is 383 g/mol. The van der Waals surface area contributed by atoms with E-state index in [4.69, 9.17) is 4.74 Å². The summed E-state index contributed by atoms with van der Waals surface area (Å²) in [7, 11) is 0. The van der Waals surface area contributed by atoms with Crippen molar-refractivity contribution in [3.05, 3.63) is 53.5 Å². The fourth-order valence-electron chi connectivity index (χ4n) is 2.97. The molecule has 1 aliphatic rings. The van der Waals surface area contributed by atoms with E-state index < -0.39 is 6.09 Å². The molecule has 2 amide bonds. The predicted octanol–water partition coefficient (Wildman–Crippen LogP) is 1.93. The fraction of sp³-hybridized carbons (Fsp3) is 0.400. The summed E-state index contributed by atoms with van der Waals surface area (Å²) in [5.74, 6) is 1.13. The Hall–Kier alpha value is -3.16. The Kier molecular flexibility index (Phi) is 6.78. The molecule has 148 valence electrons. The Balaban J connectivity index is 1.41. The topological polar surface area (TPSA) is 96.5 Å². The molecule has 0 spiro atoms. The van der Waals surface area contributed by atoms with E-state index in [1.807, 2.05) is 43.3 Å². The summed E-state index contributed by atoms with van der Waals surface area (Å²) in [4.78, 5) is 34.8. The predicted molar refractivity (Wildman–Crippen MR) is 105 cm³/mol. The standard InChI is InChI=1S/C20H25N5O3/c1-15-11-18(25-9-5-6-10-25)24-17(23-15)12-21-19(26)13-22-20(27)28-14-16-7-3-2-4-8-16/h2-4,7-8,11H,5-6,9-10,12-14H2,1H3,(H,21,26)(H,22,27). The number of ether oxygens (including phenoxy) is 1. The molecule has 1 aromatic heterocycles. The molecule has 2 N–H and O–H groups in total. The van der Waals surface area contributed by atoms with Crippen molar-refractivity contribution in [2.24, 2.45) is 0 Å². The van der Waals surface area contributed by atoms with Crippen LogP contribution in [0.25, 0.3) is 0 Å². The number of anilines is 1. The lowest BCUT2D eigenvalue weighted by Crippen LogP contribution is -2.37. The molecule has 0 atom stereocenters. The zero-order valence-corrected chi connectivity index (χ0v) is 16.0. The lowest BCUT2D eigenvalue weighted by molar-refractivity contribution is -0.120. The molecule has 2 heterocycles. The van der Waals surface area contributed by atoms with Crippen LogP contribution in [-0.4, -0.2) is 41.6 Å². The molecule has 1 saturated heterocycles. The number of carbonyl (C=O) groups excluding carboxylic acids is 2. The highest BCUT2D eigenvalue weighted by atomic mass is 16.5. The Morgan fingerprint density at radius 1 is 1.11 bits per heavy atom. The minimum Gasteiger partial charge on any atom is -0.445 e. The highest BCUT2D eigenvalue weighted by molar-refractivity contribution is 5.82. The third-order valence-corrected chi connectivity index (χ3v) is 4.37. The third-order valence-electron chi connectivity index (χ3n) is 4.37. The first-order valence-corrected chi connectivity index (χ1v) is 9.41. The summed E-state index contributed by atoms with van der Waals surface area (Å²) in [6.07, 6.45) is 1.70. The van der Waals surface area contributed by atoms with Gasteiger partial charge in [0, 0.05) is 24.8 Å². The Labute approximate surface area is 164 Å². The van der Waals surface area contributed by atoms with Crippen LogP contribution in [0.1, 0.15) is 29.9 Å². The zero-order valence-electron chi connectivity index (χ0n) is 16.0. The normalized spacial score (nSPS) is 13.2. The fourth-order valence-corrected chi connectivity index (χ4v) is 2.97. The summed E-state index contributed by atoms with van der Waals surface area (Å²) < 4.78 is 5.07. The van der Waals surface area contributed by atoms with E-state index in [2.05, 4.69) is 25.5 Å². The molecule has 8 heteroatoms. The van der Waals surface area contributed by atoms with Crippen LogP contribution in [-0.2, 0) is 22.7 Å². The molecule has 28 heavy (non-hydrogen) atoms.